The Morgan fingerprint density at radius 1 is 1.33 bits per heavy atom. The maximum absolute atomic E-state index is 9.97. The summed E-state index contributed by atoms with van der Waals surface area (Å²) in [5.41, 5.74) is 0.665. The zero-order valence-corrected chi connectivity index (χ0v) is 11.8. The molecule has 1 saturated heterocycles. The maximum atomic E-state index is 9.97. The van der Waals surface area contributed by atoms with Gasteiger partial charge in [-0.3, -0.25) is 9.58 Å². The number of rotatable bonds is 6. The summed E-state index contributed by atoms with van der Waals surface area (Å²) < 4.78 is 2.08. The normalized spacial score (nSPS) is 19.2. The third kappa shape index (κ3) is 2.75. The van der Waals surface area contributed by atoms with Crippen LogP contribution >= 0.6 is 0 Å². The molecular weight excluding hydrogens is 226 g/mol. The second-order valence-corrected chi connectivity index (χ2v) is 5.48. The third-order valence-electron chi connectivity index (χ3n) is 4.06. The van der Waals surface area contributed by atoms with Gasteiger partial charge in [0.2, 0.25) is 0 Å². The monoisotopic (exact) mass is 251 g/mol. The van der Waals surface area contributed by atoms with Gasteiger partial charge in [0.1, 0.15) is 0 Å². The van der Waals surface area contributed by atoms with Crippen molar-refractivity contribution in [1.82, 2.24) is 14.7 Å². The van der Waals surface area contributed by atoms with Crippen molar-refractivity contribution in [3.8, 4) is 0 Å². The van der Waals surface area contributed by atoms with Crippen molar-refractivity contribution < 1.29 is 5.11 Å². The van der Waals surface area contributed by atoms with Crippen molar-refractivity contribution in [2.24, 2.45) is 0 Å². The van der Waals surface area contributed by atoms with Gasteiger partial charge in [0.15, 0.2) is 0 Å². The topological polar surface area (TPSA) is 41.3 Å². The average Bonchev–Trinajstić information content (AvgIpc) is 2.77. The summed E-state index contributed by atoms with van der Waals surface area (Å²) in [6.07, 6.45) is 5.17. The molecule has 0 radical (unpaired) electrons. The fourth-order valence-electron chi connectivity index (χ4n) is 2.68. The van der Waals surface area contributed by atoms with Gasteiger partial charge in [-0.25, -0.2) is 0 Å². The Balaban J connectivity index is 1.88. The van der Waals surface area contributed by atoms with Crippen LogP contribution in [0.15, 0.2) is 12.3 Å². The van der Waals surface area contributed by atoms with Gasteiger partial charge in [-0.05, 0) is 25.3 Å². The summed E-state index contributed by atoms with van der Waals surface area (Å²) in [6, 6.07) is 2.62. The van der Waals surface area contributed by atoms with E-state index < -0.39 is 5.60 Å². The third-order valence-corrected chi connectivity index (χ3v) is 4.06. The predicted octanol–water partition coefficient (Wildman–Crippen LogP) is 2.20. The fourth-order valence-corrected chi connectivity index (χ4v) is 2.68. The molecule has 0 aromatic carbocycles. The van der Waals surface area contributed by atoms with Crippen LogP contribution in [0.1, 0.15) is 51.8 Å². The minimum atomic E-state index is -0.446. The molecule has 0 aliphatic carbocycles. The van der Waals surface area contributed by atoms with Crippen molar-refractivity contribution in [2.45, 2.75) is 58.2 Å². The molecule has 1 aliphatic heterocycles. The Hall–Kier alpha value is -0.870. The minimum Gasteiger partial charge on any atom is -0.387 e. The lowest BCUT2D eigenvalue weighted by Crippen LogP contribution is -2.60. The molecule has 4 nitrogen and oxygen atoms in total. The van der Waals surface area contributed by atoms with Gasteiger partial charge in [-0.15, -0.1) is 0 Å². The molecule has 0 atom stereocenters. The summed E-state index contributed by atoms with van der Waals surface area (Å²) in [7, 11) is 0. The molecule has 2 rings (SSSR count). The van der Waals surface area contributed by atoms with Crippen LogP contribution < -0.4 is 0 Å². The fraction of sp³-hybridized carbons (Fsp3) is 0.786. The molecule has 1 fully saturated rings. The molecule has 4 heteroatoms. The number of hydrogen-bond acceptors (Lipinski definition) is 3. The second-order valence-electron chi connectivity index (χ2n) is 5.48. The van der Waals surface area contributed by atoms with Gasteiger partial charge in [0, 0.05) is 25.8 Å². The second kappa shape index (κ2) is 5.41. The standard InChI is InChI=1S/C14H25N3O/c1-4-13(5-2)17-8-7-12(15-17)9-16-10-14(18,6-3)11-16/h7-8,13,18H,4-6,9-11H2,1-3H3. The molecule has 2 heterocycles. The first kappa shape index (κ1) is 13.6. The molecule has 1 aromatic heterocycles. The van der Waals surface area contributed by atoms with Crippen LogP contribution in [0.2, 0.25) is 0 Å². The number of aliphatic hydroxyl groups is 1. The SMILES string of the molecule is CCC(CC)n1ccc(CN2CC(O)(CC)C2)n1. The van der Waals surface area contributed by atoms with E-state index in [4.69, 9.17) is 0 Å². The van der Waals surface area contributed by atoms with Gasteiger partial charge in [0.25, 0.3) is 0 Å². The largest absolute Gasteiger partial charge is 0.387 e. The van der Waals surface area contributed by atoms with Crippen LogP contribution in [-0.4, -0.2) is 38.5 Å². The van der Waals surface area contributed by atoms with Crippen molar-refractivity contribution in [2.75, 3.05) is 13.1 Å². The highest BCUT2D eigenvalue weighted by atomic mass is 16.3. The smallest absolute Gasteiger partial charge is 0.0897 e. The predicted molar refractivity (Wildman–Crippen MR) is 72.4 cm³/mol. The van der Waals surface area contributed by atoms with Gasteiger partial charge in [-0.1, -0.05) is 20.8 Å². The average molecular weight is 251 g/mol. The highest BCUT2D eigenvalue weighted by Crippen LogP contribution is 2.25. The molecule has 0 bridgehead atoms. The van der Waals surface area contributed by atoms with Crippen molar-refractivity contribution in [3.05, 3.63) is 18.0 Å². The lowest BCUT2D eigenvalue weighted by molar-refractivity contribution is -0.103. The number of aromatic nitrogens is 2. The Kier molecular flexibility index (Phi) is 4.07. The van der Waals surface area contributed by atoms with Crippen LogP contribution in [0.25, 0.3) is 0 Å². The van der Waals surface area contributed by atoms with E-state index in [1.807, 2.05) is 6.92 Å². The number of nitrogens with zero attached hydrogens (tertiary/aromatic N) is 3. The molecule has 102 valence electrons. The van der Waals surface area contributed by atoms with Crippen LogP contribution in [0.5, 0.6) is 0 Å². The van der Waals surface area contributed by atoms with E-state index >= 15 is 0 Å². The number of hydrogen-bond donors (Lipinski definition) is 1. The summed E-state index contributed by atoms with van der Waals surface area (Å²) in [5.74, 6) is 0. The first-order valence-corrected chi connectivity index (χ1v) is 7.09. The van der Waals surface area contributed by atoms with E-state index in [0.29, 0.717) is 6.04 Å². The molecule has 1 aromatic rings. The molecular formula is C14H25N3O. The van der Waals surface area contributed by atoms with Crippen LogP contribution in [0, 0.1) is 0 Å². The summed E-state index contributed by atoms with van der Waals surface area (Å²) in [4.78, 5) is 2.25. The van der Waals surface area contributed by atoms with Crippen LogP contribution in [0.4, 0.5) is 0 Å². The van der Waals surface area contributed by atoms with Gasteiger partial charge in [0.05, 0.1) is 17.3 Å². The summed E-state index contributed by atoms with van der Waals surface area (Å²) in [6.45, 7) is 8.86. The van der Waals surface area contributed by atoms with E-state index in [1.54, 1.807) is 0 Å². The molecule has 0 saturated carbocycles. The highest BCUT2D eigenvalue weighted by Gasteiger charge is 2.39. The molecule has 0 spiro atoms. The Morgan fingerprint density at radius 2 is 2.00 bits per heavy atom. The van der Waals surface area contributed by atoms with Crippen molar-refractivity contribution in [1.29, 1.82) is 0 Å². The minimum absolute atomic E-state index is 0.446. The number of likely N-dealkylation sites (tertiary alicyclic amines) is 1. The zero-order valence-electron chi connectivity index (χ0n) is 11.8. The maximum Gasteiger partial charge on any atom is 0.0897 e. The lowest BCUT2D eigenvalue weighted by atomic mass is 9.91. The molecule has 1 aliphatic rings. The summed E-state index contributed by atoms with van der Waals surface area (Å²) in [5, 5.41) is 14.6. The summed E-state index contributed by atoms with van der Waals surface area (Å²) >= 11 is 0. The van der Waals surface area contributed by atoms with E-state index in [2.05, 4.69) is 40.8 Å². The van der Waals surface area contributed by atoms with E-state index in [-0.39, 0.29) is 0 Å². The first-order chi connectivity index (χ1) is 8.60. The van der Waals surface area contributed by atoms with E-state index in [0.717, 1.165) is 44.6 Å². The van der Waals surface area contributed by atoms with Crippen LogP contribution in [0.3, 0.4) is 0 Å². The Labute approximate surface area is 110 Å². The van der Waals surface area contributed by atoms with Gasteiger partial charge < -0.3 is 5.11 Å². The van der Waals surface area contributed by atoms with Crippen LogP contribution in [-0.2, 0) is 6.54 Å². The molecule has 0 amide bonds. The Bertz CT molecular complexity index is 378. The van der Waals surface area contributed by atoms with E-state index in [9.17, 15) is 5.11 Å². The number of β-amino-alcohol motifs (C(OH)–C–C–N with tert-alkyl or cyclic N) is 1. The van der Waals surface area contributed by atoms with Gasteiger partial charge in [-0.2, -0.15) is 5.10 Å². The van der Waals surface area contributed by atoms with Crippen molar-refractivity contribution in [3.63, 3.8) is 0 Å². The highest BCUT2D eigenvalue weighted by molar-refractivity contribution is 5.03. The molecule has 18 heavy (non-hydrogen) atoms. The zero-order chi connectivity index (χ0) is 13.2. The molecule has 1 N–H and O–H groups in total. The first-order valence-electron chi connectivity index (χ1n) is 7.09. The van der Waals surface area contributed by atoms with E-state index in [1.165, 1.54) is 0 Å². The van der Waals surface area contributed by atoms with Gasteiger partial charge >= 0.3 is 0 Å². The lowest BCUT2D eigenvalue weighted by Gasteiger charge is -2.45. The Morgan fingerprint density at radius 3 is 2.56 bits per heavy atom. The quantitative estimate of drug-likeness (QED) is 0.842. The van der Waals surface area contributed by atoms with Crippen molar-refractivity contribution >= 4 is 0 Å². The molecule has 0 unspecified atom stereocenters.